The van der Waals surface area contributed by atoms with Crippen LogP contribution in [0.2, 0.25) is 19.6 Å². The molecule has 5 aromatic rings. The SMILES string of the molecule is Cc1cc[c-]c(-c2cc(CC(C)(C)C)c([Si](C)(C)C)cn2)c1F.[Ir].[c-]1ccccc1-c1cc(Cc2ccccc2)ccn1. The fourth-order valence-corrected chi connectivity index (χ4v) is 6.49. The molecule has 5 rings (SSSR count). The Morgan fingerprint density at radius 2 is 1.51 bits per heavy atom. The molecule has 3 aromatic carbocycles. The van der Waals surface area contributed by atoms with Crippen LogP contribution >= 0.6 is 0 Å². The van der Waals surface area contributed by atoms with Crippen molar-refractivity contribution in [2.45, 2.75) is 60.2 Å². The summed E-state index contributed by atoms with van der Waals surface area (Å²) in [6.45, 7) is 15.5. The minimum Gasteiger partial charge on any atom is -0.305 e. The Labute approximate surface area is 272 Å². The van der Waals surface area contributed by atoms with Gasteiger partial charge in [0.05, 0.1) is 8.07 Å². The zero-order valence-corrected chi connectivity index (χ0v) is 29.7. The van der Waals surface area contributed by atoms with Crippen molar-refractivity contribution in [1.82, 2.24) is 9.97 Å². The smallest absolute Gasteiger partial charge is 0.0798 e. The molecule has 0 spiro atoms. The third-order valence-electron chi connectivity index (χ3n) is 6.96. The summed E-state index contributed by atoms with van der Waals surface area (Å²) in [7, 11) is -1.49. The van der Waals surface area contributed by atoms with Crippen LogP contribution < -0.4 is 5.19 Å². The van der Waals surface area contributed by atoms with Gasteiger partial charge in [0, 0.05) is 38.3 Å². The molecule has 43 heavy (non-hydrogen) atoms. The maximum Gasteiger partial charge on any atom is 0.0798 e. The zero-order valence-electron chi connectivity index (χ0n) is 26.3. The molecule has 2 heterocycles. The molecule has 1 radical (unpaired) electrons. The molecule has 0 aliphatic carbocycles. The van der Waals surface area contributed by atoms with Crippen LogP contribution in [0, 0.1) is 30.3 Å². The van der Waals surface area contributed by atoms with Crippen LogP contribution in [0.1, 0.15) is 43.0 Å². The van der Waals surface area contributed by atoms with Crippen molar-refractivity contribution < 1.29 is 24.5 Å². The first-order valence-electron chi connectivity index (χ1n) is 14.5. The van der Waals surface area contributed by atoms with Crippen molar-refractivity contribution in [2.24, 2.45) is 5.41 Å². The summed E-state index contributed by atoms with van der Waals surface area (Å²) in [5.74, 6) is -0.220. The van der Waals surface area contributed by atoms with E-state index in [1.807, 2.05) is 42.7 Å². The standard InChI is InChI=1S/C20H27FNSi.C18H14N.Ir/c1-14-9-8-10-16(19(14)21)17-11-15(12-20(2,3)4)18(13-22-17)23(5,6)7;1-3-7-15(8-4-1)13-16-11-12-19-18(14-16)17-9-5-2-6-10-17;/h8-9,11,13H,12H2,1-7H3;1-9,11-12,14H,13H2;/q2*-1;. The Balaban J connectivity index is 0.000000233. The van der Waals surface area contributed by atoms with Gasteiger partial charge in [0.1, 0.15) is 0 Å². The first-order chi connectivity index (χ1) is 19.9. The number of aryl methyl sites for hydroxylation is 1. The van der Waals surface area contributed by atoms with Crippen LogP contribution in [-0.4, -0.2) is 18.0 Å². The van der Waals surface area contributed by atoms with Gasteiger partial charge in [-0.25, -0.2) is 0 Å². The second-order valence-corrected chi connectivity index (χ2v) is 18.1. The van der Waals surface area contributed by atoms with Crippen molar-refractivity contribution in [3.05, 3.63) is 138 Å². The minimum absolute atomic E-state index is 0. The van der Waals surface area contributed by atoms with Gasteiger partial charge in [-0.2, -0.15) is 0 Å². The van der Waals surface area contributed by atoms with Crippen molar-refractivity contribution >= 4 is 13.3 Å². The van der Waals surface area contributed by atoms with E-state index >= 15 is 0 Å². The Morgan fingerprint density at radius 3 is 2.16 bits per heavy atom. The topological polar surface area (TPSA) is 25.8 Å². The zero-order chi connectivity index (χ0) is 30.3. The van der Waals surface area contributed by atoms with Crippen LogP contribution in [0.4, 0.5) is 4.39 Å². The van der Waals surface area contributed by atoms with Gasteiger partial charge in [-0.1, -0.05) is 106 Å². The summed E-state index contributed by atoms with van der Waals surface area (Å²) in [4.78, 5) is 8.99. The van der Waals surface area contributed by atoms with E-state index in [0.29, 0.717) is 16.8 Å². The van der Waals surface area contributed by atoms with Gasteiger partial charge in [-0.3, -0.25) is 4.39 Å². The van der Waals surface area contributed by atoms with E-state index in [9.17, 15) is 4.39 Å². The Morgan fingerprint density at radius 1 is 0.791 bits per heavy atom. The van der Waals surface area contributed by atoms with E-state index in [1.165, 1.54) is 21.9 Å². The Hall–Kier alpha value is -3.24. The van der Waals surface area contributed by atoms with E-state index in [4.69, 9.17) is 0 Å². The van der Waals surface area contributed by atoms with Gasteiger partial charge in [0.15, 0.2) is 0 Å². The van der Waals surface area contributed by atoms with Gasteiger partial charge in [0.25, 0.3) is 0 Å². The molecular formula is C38H41FIrN2Si-2. The maximum atomic E-state index is 14.4. The third kappa shape index (κ3) is 9.89. The van der Waals surface area contributed by atoms with E-state index in [2.05, 4.69) is 105 Å². The number of benzene rings is 3. The molecule has 225 valence electrons. The predicted octanol–water partition coefficient (Wildman–Crippen LogP) is 9.27. The minimum atomic E-state index is -1.49. The largest absolute Gasteiger partial charge is 0.305 e. The summed E-state index contributed by atoms with van der Waals surface area (Å²) in [6.07, 6.45) is 5.74. The molecule has 0 aliphatic heterocycles. The van der Waals surface area contributed by atoms with Crippen molar-refractivity contribution in [3.8, 4) is 22.5 Å². The molecule has 0 unspecified atom stereocenters. The molecule has 0 fully saturated rings. The summed E-state index contributed by atoms with van der Waals surface area (Å²) >= 11 is 0. The third-order valence-corrected chi connectivity index (χ3v) is 9.03. The molecule has 0 aliphatic rings. The van der Waals surface area contributed by atoms with Crippen LogP contribution in [0.3, 0.4) is 0 Å². The fraction of sp³-hybridized carbons (Fsp3) is 0.263. The summed E-state index contributed by atoms with van der Waals surface area (Å²) in [5.41, 5.74) is 7.89. The normalized spacial score (nSPS) is 11.3. The van der Waals surface area contributed by atoms with E-state index in [-0.39, 0.29) is 31.3 Å². The average Bonchev–Trinajstić information content (AvgIpc) is 2.95. The van der Waals surface area contributed by atoms with Crippen LogP contribution in [0.25, 0.3) is 22.5 Å². The number of nitrogens with zero attached hydrogens (tertiary/aromatic N) is 2. The van der Waals surface area contributed by atoms with Gasteiger partial charge in [-0.05, 0) is 52.0 Å². The molecule has 0 saturated heterocycles. The molecule has 0 saturated carbocycles. The van der Waals surface area contributed by atoms with E-state index in [0.717, 1.165) is 24.1 Å². The monoisotopic (exact) mass is 765 g/mol. The van der Waals surface area contributed by atoms with Gasteiger partial charge in [0.2, 0.25) is 0 Å². The van der Waals surface area contributed by atoms with Crippen LogP contribution in [-0.2, 0) is 32.9 Å². The number of pyridine rings is 2. The first kappa shape index (κ1) is 34.2. The van der Waals surface area contributed by atoms with Gasteiger partial charge in [-0.15, -0.1) is 54.1 Å². The van der Waals surface area contributed by atoms with Crippen molar-refractivity contribution in [2.75, 3.05) is 0 Å². The van der Waals surface area contributed by atoms with Crippen molar-refractivity contribution in [3.63, 3.8) is 0 Å². The summed E-state index contributed by atoms with van der Waals surface area (Å²) < 4.78 is 14.4. The van der Waals surface area contributed by atoms with E-state index < -0.39 is 8.07 Å². The van der Waals surface area contributed by atoms with Crippen molar-refractivity contribution in [1.29, 1.82) is 0 Å². The molecule has 0 bridgehead atoms. The molecule has 0 amide bonds. The number of halogens is 1. The number of hydrogen-bond donors (Lipinski definition) is 0. The van der Waals surface area contributed by atoms with Gasteiger partial charge < -0.3 is 9.97 Å². The van der Waals surface area contributed by atoms with Crippen LogP contribution in [0.15, 0.2) is 97.3 Å². The molecule has 0 atom stereocenters. The number of aromatic nitrogens is 2. The quantitative estimate of drug-likeness (QED) is 0.127. The fourth-order valence-electron chi connectivity index (χ4n) is 4.91. The molecule has 2 nitrogen and oxygen atoms in total. The predicted molar refractivity (Wildman–Crippen MR) is 177 cm³/mol. The van der Waals surface area contributed by atoms with Crippen LogP contribution in [0.5, 0.6) is 0 Å². The maximum absolute atomic E-state index is 14.4. The number of rotatable bonds is 6. The number of hydrogen-bond acceptors (Lipinski definition) is 2. The Kier molecular flexibility index (Phi) is 11.9. The van der Waals surface area contributed by atoms with Gasteiger partial charge >= 0.3 is 0 Å². The second-order valence-electron chi connectivity index (χ2n) is 13.1. The van der Waals surface area contributed by atoms with E-state index in [1.54, 1.807) is 19.1 Å². The summed E-state index contributed by atoms with van der Waals surface area (Å²) in [5, 5.41) is 1.37. The molecular weight excluding hydrogens is 724 g/mol. The molecule has 5 heteroatoms. The Bertz CT molecular complexity index is 1610. The first-order valence-corrected chi connectivity index (χ1v) is 18.0. The summed E-state index contributed by atoms with van der Waals surface area (Å²) in [6, 6.07) is 34.4. The molecule has 2 aromatic heterocycles. The average molecular weight is 765 g/mol. The second kappa shape index (κ2) is 15.0. The molecule has 0 N–H and O–H groups in total.